The van der Waals surface area contributed by atoms with Gasteiger partial charge in [0, 0.05) is 5.69 Å². The van der Waals surface area contributed by atoms with Crippen LogP contribution < -0.4 is 0 Å². The third-order valence-electron chi connectivity index (χ3n) is 1.60. The SMILES string of the molecule is C=Cc1cc(Cl)c(C)nc1C. The second-order valence-electron chi connectivity index (χ2n) is 2.43. The van der Waals surface area contributed by atoms with Gasteiger partial charge in [-0.15, -0.1) is 0 Å². The molecule has 0 aliphatic carbocycles. The number of halogens is 1. The highest BCUT2D eigenvalue weighted by Crippen LogP contribution is 2.17. The van der Waals surface area contributed by atoms with E-state index in [4.69, 9.17) is 11.6 Å². The molecule has 0 unspecified atom stereocenters. The Balaban J connectivity index is 3.31. The predicted octanol–water partition coefficient (Wildman–Crippen LogP) is 2.99. The van der Waals surface area contributed by atoms with E-state index in [0.717, 1.165) is 17.0 Å². The fraction of sp³-hybridized carbons (Fsp3) is 0.222. The van der Waals surface area contributed by atoms with E-state index >= 15 is 0 Å². The summed E-state index contributed by atoms with van der Waals surface area (Å²) in [7, 11) is 0. The van der Waals surface area contributed by atoms with E-state index in [1.54, 1.807) is 6.08 Å². The Morgan fingerprint density at radius 1 is 1.45 bits per heavy atom. The van der Waals surface area contributed by atoms with Gasteiger partial charge in [0.25, 0.3) is 0 Å². The lowest BCUT2D eigenvalue weighted by atomic mass is 10.2. The molecule has 2 heteroatoms. The molecule has 1 nitrogen and oxygen atoms in total. The van der Waals surface area contributed by atoms with Crippen molar-refractivity contribution in [3.05, 3.63) is 34.6 Å². The van der Waals surface area contributed by atoms with Crippen LogP contribution >= 0.6 is 11.6 Å². The molecule has 0 radical (unpaired) electrons. The Bertz CT molecular complexity index is 292. The monoisotopic (exact) mass is 167 g/mol. The number of pyridine rings is 1. The molecule has 11 heavy (non-hydrogen) atoms. The highest BCUT2D eigenvalue weighted by molar-refractivity contribution is 6.31. The van der Waals surface area contributed by atoms with Gasteiger partial charge in [-0.2, -0.15) is 0 Å². The summed E-state index contributed by atoms with van der Waals surface area (Å²) >= 11 is 5.85. The third-order valence-corrected chi connectivity index (χ3v) is 1.98. The molecule has 0 amide bonds. The molecular weight excluding hydrogens is 158 g/mol. The zero-order valence-corrected chi connectivity index (χ0v) is 7.44. The van der Waals surface area contributed by atoms with Gasteiger partial charge >= 0.3 is 0 Å². The van der Waals surface area contributed by atoms with Gasteiger partial charge in [0.15, 0.2) is 0 Å². The molecule has 0 aromatic carbocycles. The van der Waals surface area contributed by atoms with Gasteiger partial charge in [0.05, 0.1) is 10.7 Å². The van der Waals surface area contributed by atoms with Crippen molar-refractivity contribution in [2.24, 2.45) is 0 Å². The summed E-state index contributed by atoms with van der Waals surface area (Å²) in [6.45, 7) is 7.50. The van der Waals surface area contributed by atoms with E-state index in [9.17, 15) is 0 Å². The van der Waals surface area contributed by atoms with Crippen LogP contribution in [-0.2, 0) is 0 Å². The summed E-state index contributed by atoms with van der Waals surface area (Å²) in [6, 6.07) is 1.88. The van der Waals surface area contributed by atoms with E-state index in [1.165, 1.54) is 0 Å². The smallest absolute Gasteiger partial charge is 0.0624 e. The highest BCUT2D eigenvalue weighted by atomic mass is 35.5. The minimum atomic E-state index is 0.700. The van der Waals surface area contributed by atoms with E-state index in [2.05, 4.69) is 11.6 Å². The Labute approximate surface area is 71.7 Å². The summed E-state index contributed by atoms with van der Waals surface area (Å²) in [5.41, 5.74) is 2.84. The first-order valence-corrected chi connectivity index (χ1v) is 3.79. The van der Waals surface area contributed by atoms with Gasteiger partial charge in [0.1, 0.15) is 0 Å². The lowest BCUT2D eigenvalue weighted by molar-refractivity contribution is 1.11. The summed E-state index contributed by atoms with van der Waals surface area (Å²) in [5.74, 6) is 0. The lowest BCUT2D eigenvalue weighted by Crippen LogP contribution is -1.90. The molecule has 0 aliphatic rings. The van der Waals surface area contributed by atoms with E-state index < -0.39 is 0 Å². The first-order valence-electron chi connectivity index (χ1n) is 3.41. The van der Waals surface area contributed by atoms with Crippen molar-refractivity contribution in [2.45, 2.75) is 13.8 Å². The van der Waals surface area contributed by atoms with E-state index in [1.807, 2.05) is 19.9 Å². The first kappa shape index (κ1) is 8.28. The number of aryl methyl sites for hydroxylation is 2. The Morgan fingerprint density at radius 3 is 2.64 bits per heavy atom. The molecule has 0 saturated carbocycles. The minimum Gasteiger partial charge on any atom is -0.256 e. The largest absolute Gasteiger partial charge is 0.256 e. The number of nitrogens with zero attached hydrogens (tertiary/aromatic N) is 1. The molecule has 1 aromatic heterocycles. The van der Waals surface area contributed by atoms with Crippen LogP contribution in [0, 0.1) is 13.8 Å². The fourth-order valence-corrected chi connectivity index (χ4v) is 1.08. The molecule has 0 saturated heterocycles. The zero-order valence-electron chi connectivity index (χ0n) is 6.69. The van der Waals surface area contributed by atoms with Crippen molar-refractivity contribution in [1.82, 2.24) is 4.98 Å². The standard InChI is InChI=1S/C9H10ClN/c1-4-8-5-9(10)7(3)11-6(8)2/h4-5H,1H2,2-3H3. The molecule has 58 valence electrons. The summed E-state index contributed by atoms with van der Waals surface area (Å²) < 4.78 is 0. The van der Waals surface area contributed by atoms with Crippen LogP contribution in [0.3, 0.4) is 0 Å². The summed E-state index contributed by atoms with van der Waals surface area (Å²) in [5, 5.41) is 0.700. The lowest BCUT2D eigenvalue weighted by Gasteiger charge is -2.02. The van der Waals surface area contributed by atoms with Gasteiger partial charge in [-0.25, -0.2) is 0 Å². The molecule has 0 bridgehead atoms. The van der Waals surface area contributed by atoms with Crippen LogP contribution in [0.4, 0.5) is 0 Å². The Hall–Kier alpha value is -0.820. The van der Waals surface area contributed by atoms with Crippen LogP contribution in [-0.4, -0.2) is 4.98 Å². The fourth-order valence-electron chi connectivity index (χ4n) is 0.922. The Morgan fingerprint density at radius 2 is 2.09 bits per heavy atom. The third kappa shape index (κ3) is 1.60. The molecule has 1 rings (SSSR count). The second-order valence-corrected chi connectivity index (χ2v) is 2.84. The number of rotatable bonds is 1. The average Bonchev–Trinajstić information content (AvgIpc) is 1.97. The van der Waals surface area contributed by atoms with Crippen LogP contribution in [0.5, 0.6) is 0 Å². The van der Waals surface area contributed by atoms with Crippen molar-refractivity contribution >= 4 is 17.7 Å². The van der Waals surface area contributed by atoms with Crippen LogP contribution in [0.1, 0.15) is 17.0 Å². The molecule has 0 atom stereocenters. The van der Waals surface area contributed by atoms with Crippen LogP contribution in [0.2, 0.25) is 5.02 Å². The van der Waals surface area contributed by atoms with Gasteiger partial charge in [-0.3, -0.25) is 4.98 Å². The molecular formula is C9H10ClN. The van der Waals surface area contributed by atoms with Crippen molar-refractivity contribution in [1.29, 1.82) is 0 Å². The predicted molar refractivity (Wildman–Crippen MR) is 48.8 cm³/mol. The zero-order chi connectivity index (χ0) is 8.43. The number of aromatic nitrogens is 1. The molecule has 0 spiro atoms. The van der Waals surface area contributed by atoms with Gasteiger partial charge in [-0.1, -0.05) is 24.3 Å². The van der Waals surface area contributed by atoms with Gasteiger partial charge in [-0.05, 0) is 25.5 Å². The summed E-state index contributed by atoms with van der Waals surface area (Å²) in [6.07, 6.45) is 1.76. The molecule has 0 aliphatic heterocycles. The maximum atomic E-state index is 5.85. The van der Waals surface area contributed by atoms with Crippen molar-refractivity contribution in [3.63, 3.8) is 0 Å². The first-order chi connectivity index (χ1) is 5.15. The number of hydrogen-bond donors (Lipinski definition) is 0. The molecule has 0 fully saturated rings. The molecule has 1 aromatic rings. The normalized spacial score (nSPS) is 9.73. The maximum Gasteiger partial charge on any atom is 0.0624 e. The second kappa shape index (κ2) is 3.05. The summed E-state index contributed by atoms with van der Waals surface area (Å²) in [4.78, 5) is 4.24. The highest BCUT2D eigenvalue weighted by Gasteiger charge is 2.00. The van der Waals surface area contributed by atoms with Crippen molar-refractivity contribution in [3.8, 4) is 0 Å². The average molecular weight is 168 g/mol. The number of hydrogen-bond acceptors (Lipinski definition) is 1. The topological polar surface area (TPSA) is 12.9 Å². The Kier molecular flexibility index (Phi) is 2.30. The van der Waals surface area contributed by atoms with Crippen molar-refractivity contribution < 1.29 is 0 Å². The molecule has 1 heterocycles. The van der Waals surface area contributed by atoms with Gasteiger partial charge < -0.3 is 0 Å². The van der Waals surface area contributed by atoms with Crippen LogP contribution in [0.15, 0.2) is 12.6 Å². The molecule has 0 N–H and O–H groups in total. The van der Waals surface area contributed by atoms with Gasteiger partial charge in [0.2, 0.25) is 0 Å². The van der Waals surface area contributed by atoms with E-state index in [0.29, 0.717) is 5.02 Å². The quantitative estimate of drug-likeness (QED) is 0.627. The maximum absolute atomic E-state index is 5.85. The van der Waals surface area contributed by atoms with E-state index in [-0.39, 0.29) is 0 Å². The minimum absolute atomic E-state index is 0.700. The van der Waals surface area contributed by atoms with Crippen LogP contribution in [0.25, 0.3) is 6.08 Å². The van der Waals surface area contributed by atoms with Crippen molar-refractivity contribution in [2.75, 3.05) is 0 Å².